The molecule has 6 nitrogen and oxygen atoms in total. The molecule has 0 amide bonds. The van der Waals surface area contributed by atoms with Crippen LogP contribution in [0.2, 0.25) is 5.15 Å². The Morgan fingerprint density at radius 3 is 2.56 bits per heavy atom. The molecule has 2 aromatic rings. The molecule has 8 heteroatoms. The Labute approximate surface area is 156 Å². The third-order valence-electron chi connectivity index (χ3n) is 3.49. The molecule has 0 aliphatic rings. The maximum Gasteiger partial charge on any atom is 0.305 e. The second-order valence-corrected chi connectivity index (χ2v) is 6.90. The van der Waals surface area contributed by atoms with E-state index in [0.717, 1.165) is 16.8 Å². The number of esters is 1. The standard InChI is InChI=1S/C17H21ClN4O2S/c1-22(2)16-13(8-9-14(23)24-3)15(18)20-17(21-16)25-10-11-4-6-12(19)7-5-11/h4-7H,8-10,19H2,1-3H3. The molecule has 0 bridgehead atoms. The number of carbonyl (C=O) groups is 1. The van der Waals surface area contributed by atoms with Crippen molar-refractivity contribution in [3.8, 4) is 0 Å². The summed E-state index contributed by atoms with van der Waals surface area (Å²) in [6, 6.07) is 7.68. The predicted octanol–water partition coefficient (Wildman–Crippen LogP) is 3.18. The minimum atomic E-state index is -0.289. The fraction of sp³-hybridized carbons (Fsp3) is 0.353. The normalized spacial score (nSPS) is 10.6. The van der Waals surface area contributed by atoms with E-state index in [-0.39, 0.29) is 12.4 Å². The largest absolute Gasteiger partial charge is 0.469 e. The van der Waals surface area contributed by atoms with E-state index in [1.165, 1.54) is 18.9 Å². The monoisotopic (exact) mass is 380 g/mol. The number of nitrogens with zero attached hydrogens (tertiary/aromatic N) is 3. The summed E-state index contributed by atoms with van der Waals surface area (Å²) < 4.78 is 4.68. The molecule has 134 valence electrons. The average Bonchev–Trinajstić information content (AvgIpc) is 2.59. The van der Waals surface area contributed by atoms with Crippen LogP contribution < -0.4 is 10.6 Å². The molecule has 1 aromatic carbocycles. The number of nitrogens with two attached hydrogens (primary N) is 1. The SMILES string of the molecule is COC(=O)CCc1c(Cl)nc(SCc2ccc(N)cc2)nc1N(C)C. The molecule has 2 N–H and O–H groups in total. The highest BCUT2D eigenvalue weighted by molar-refractivity contribution is 7.98. The van der Waals surface area contributed by atoms with Crippen molar-refractivity contribution in [3.63, 3.8) is 0 Å². The van der Waals surface area contributed by atoms with E-state index in [2.05, 4.69) is 14.7 Å². The Morgan fingerprint density at radius 2 is 1.96 bits per heavy atom. The molecule has 0 atom stereocenters. The minimum Gasteiger partial charge on any atom is -0.469 e. The van der Waals surface area contributed by atoms with Crippen LogP contribution in [-0.4, -0.2) is 37.1 Å². The Bertz CT molecular complexity index is 738. The lowest BCUT2D eigenvalue weighted by atomic mass is 10.1. The third kappa shape index (κ3) is 5.51. The lowest BCUT2D eigenvalue weighted by Gasteiger charge is -2.18. The van der Waals surface area contributed by atoms with Gasteiger partial charge in [-0.05, 0) is 24.1 Å². The van der Waals surface area contributed by atoms with E-state index in [0.29, 0.717) is 28.3 Å². The summed E-state index contributed by atoms with van der Waals surface area (Å²) in [7, 11) is 5.13. The summed E-state index contributed by atoms with van der Waals surface area (Å²) >= 11 is 7.84. The number of rotatable bonds is 7. The van der Waals surface area contributed by atoms with Crippen LogP contribution in [0.3, 0.4) is 0 Å². The Balaban J connectivity index is 2.16. The Morgan fingerprint density at radius 1 is 1.28 bits per heavy atom. The number of thioether (sulfide) groups is 1. The fourth-order valence-corrected chi connectivity index (χ4v) is 3.27. The fourth-order valence-electron chi connectivity index (χ4n) is 2.17. The number of carbonyl (C=O) groups excluding carboxylic acids is 1. The molecule has 0 spiro atoms. The second kappa shape index (κ2) is 8.92. The zero-order valence-electron chi connectivity index (χ0n) is 14.5. The molecule has 0 unspecified atom stereocenters. The summed E-state index contributed by atoms with van der Waals surface area (Å²) in [4.78, 5) is 22.2. The van der Waals surface area contributed by atoms with E-state index < -0.39 is 0 Å². The molecule has 2 rings (SSSR count). The van der Waals surface area contributed by atoms with Crippen molar-refractivity contribution in [2.24, 2.45) is 0 Å². The van der Waals surface area contributed by atoms with Gasteiger partial charge >= 0.3 is 5.97 Å². The van der Waals surface area contributed by atoms with Gasteiger partial charge in [0.1, 0.15) is 11.0 Å². The maximum atomic E-state index is 11.4. The van der Waals surface area contributed by atoms with Crippen molar-refractivity contribution in [2.75, 3.05) is 31.8 Å². The van der Waals surface area contributed by atoms with E-state index in [1.54, 1.807) is 0 Å². The predicted molar refractivity (Wildman–Crippen MR) is 102 cm³/mol. The van der Waals surface area contributed by atoms with Crippen LogP contribution in [0.1, 0.15) is 17.5 Å². The molecule has 0 fully saturated rings. The molecular weight excluding hydrogens is 360 g/mol. The summed E-state index contributed by atoms with van der Waals surface area (Å²) in [6.07, 6.45) is 0.667. The van der Waals surface area contributed by atoms with Crippen molar-refractivity contribution in [3.05, 3.63) is 40.5 Å². The van der Waals surface area contributed by atoms with E-state index in [9.17, 15) is 4.79 Å². The van der Waals surface area contributed by atoms with Gasteiger partial charge in [-0.1, -0.05) is 35.5 Å². The lowest BCUT2D eigenvalue weighted by Crippen LogP contribution is -2.16. The van der Waals surface area contributed by atoms with Crippen LogP contribution in [0, 0.1) is 0 Å². The minimum absolute atomic E-state index is 0.234. The molecule has 0 saturated heterocycles. The van der Waals surface area contributed by atoms with E-state index in [1.807, 2.05) is 43.3 Å². The average molecular weight is 381 g/mol. The molecular formula is C17H21ClN4O2S. The van der Waals surface area contributed by atoms with Gasteiger partial charge in [-0.15, -0.1) is 0 Å². The number of nitrogen functional groups attached to an aromatic ring is 1. The molecule has 0 saturated carbocycles. The van der Waals surface area contributed by atoms with E-state index >= 15 is 0 Å². The highest BCUT2D eigenvalue weighted by Gasteiger charge is 2.16. The highest BCUT2D eigenvalue weighted by Crippen LogP contribution is 2.29. The van der Waals surface area contributed by atoms with Crippen LogP contribution in [0.15, 0.2) is 29.4 Å². The highest BCUT2D eigenvalue weighted by atomic mass is 35.5. The summed E-state index contributed by atoms with van der Waals surface area (Å²) in [5, 5.41) is 0.953. The van der Waals surface area contributed by atoms with Crippen molar-refractivity contribution >= 4 is 40.8 Å². The smallest absolute Gasteiger partial charge is 0.305 e. The molecule has 25 heavy (non-hydrogen) atoms. The van der Waals surface area contributed by atoms with Crippen LogP contribution in [0.4, 0.5) is 11.5 Å². The molecule has 1 aromatic heterocycles. The quantitative estimate of drug-likeness (QED) is 0.260. The summed E-state index contributed by atoms with van der Waals surface area (Å²) in [6.45, 7) is 0. The molecule has 0 aliphatic heterocycles. The first-order chi connectivity index (χ1) is 11.9. The lowest BCUT2D eigenvalue weighted by molar-refractivity contribution is -0.140. The Kier molecular flexibility index (Phi) is 6.90. The molecule has 0 radical (unpaired) electrons. The van der Waals surface area contributed by atoms with Gasteiger partial charge in [0, 0.05) is 37.5 Å². The van der Waals surface area contributed by atoms with Crippen LogP contribution >= 0.6 is 23.4 Å². The van der Waals surface area contributed by atoms with Gasteiger partial charge in [-0.3, -0.25) is 4.79 Å². The van der Waals surface area contributed by atoms with Crippen molar-refractivity contribution < 1.29 is 9.53 Å². The van der Waals surface area contributed by atoms with Crippen molar-refractivity contribution in [1.82, 2.24) is 9.97 Å². The van der Waals surface area contributed by atoms with Gasteiger partial charge in [0.25, 0.3) is 0 Å². The van der Waals surface area contributed by atoms with Gasteiger partial charge in [-0.25, -0.2) is 9.97 Å². The number of hydrogen-bond donors (Lipinski definition) is 1. The van der Waals surface area contributed by atoms with Crippen molar-refractivity contribution in [1.29, 1.82) is 0 Å². The van der Waals surface area contributed by atoms with Gasteiger partial charge in [0.15, 0.2) is 5.16 Å². The van der Waals surface area contributed by atoms with Gasteiger partial charge in [0.05, 0.1) is 7.11 Å². The van der Waals surface area contributed by atoms with Crippen LogP contribution in [0.25, 0.3) is 0 Å². The number of ether oxygens (including phenoxy) is 1. The van der Waals surface area contributed by atoms with Gasteiger partial charge < -0.3 is 15.4 Å². The first-order valence-corrected chi connectivity index (χ1v) is 9.05. The number of benzene rings is 1. The zero-order valence-corrected chi connectivity index (χ0v) is 16.0. The van der Waals surface area contributed by atoms with Crippen molar-refractivity contribution in [2.45, 2.75) is 23.8 Å². The third-order valence-corrected chi connectivity index (χ3v) is 4.72. The Hall–Kier alpha value is -1.99. The first-order valence-electron chi connectivity index (χ1n) is 7.68. The van der Waals surface area contributed by atoms with Crippen LogP contribution in [-0.2, 0) is 21.7 Å². The summed E-state index contributed by atoms with van der Waals surface area (Å²) in [5.41, 5.74) is 8.30. The van der Waals surface area contributed by atoms with Crippen LogP contribution in [0.5, 0.6) is 0 Å². The first kappa shape index (κ1) is 19.3. The maximum absolute atomic E-state index is 11.4. The molecule has 1 heterocycles. The second-order valence-electron chi connectivity index (χ2n) is 5.60. The number of methoxy groups -OCH3 is 1. The number of aromatic nitrogens is 2. The zero-order chi connectivity index (χ0) is 18.4. The number of halogens is 1. The van der Waals surface area contributed by atoms with Gasteiger partial charge in [0.2, 0.25) is 0 Å². The number of anilines is 2. The summed E-state index contributed by atoms with van der Waals surface area (Å²) in [5.74, 6) is 1.14. The van der Waals surface area contributed by atoms with Gasteiger partial charge in [-0.2, -0.15) is 0 Å². The molecule has 0 aliphatic carbocycles. The number of hydrogen-bond acceptors (Lipinski definition) is 7. The topological polar surface area (TPSA) is 81.3 Å². The van der Waals surface area contributed by atoms with E-state index in [4.69, 9.17) is 17.3 Å².